The molecule has 0 bridgehead atoms. The number of likely N-dealkylation sites (N-methyl/N-ethyl adjacent to an activating group) is 1. The van der Waals surface area contributed by atoms with E-state index in [1.54, 1.807) is 0 Å². The lowest BCUT2D eigenvalue weighted by atomic mass is 9.98. The van der Waals surface area contributed by atoms with Gasteiger partial charge in [-0.15, -0.1) is 0 Å². The maximum absolute atomic E-state index is 4.50. The van der Waals surface area contributed by atoms with Gasteiger partial charge < -0.3 is 5.32 Å². The molecule has 1 atom stereocenters. The van der Waals surface area contributed by atoms with Crippen LogP contribution in [0.2, 0.25) is 0 Å². The lowest BCUT2D eigenvalue weighted by Crippen LogP contribution is -2.28. The van der Waals surface area contributed by atoms with Crippen molar-refractivity contribution < 1.29 is 0 Å². The van der Waals surface area contributed by atoms with Gasteiger partial charge in [0.2, 0.25) is 0 Å². The van der Waals surface area contributed by atoms with Crippen LogP contribution in [-0.4, -0.2) is 22.9 Å². The molecule has 2 rings (SSSR count). The fourth-order valence-corrected chi connectivity index (χ4v) is 3.11. The fourth-order valence-electron chi connectivity index (χ4n) is 2.75. The molecule has 2 aromatic rings. The first-order chi connectivity index (χ1) is 10.0. The largest absolute Gasteiger partial charge is 0.317 e. The Morgan fingerprint density at radius 1 is 1.24 bits per heavy atom. The highest BCUT2D eigenvalue weighted by atomic mass is 127. The van der Waals surface area contributed by atoms with Crippen molar-refractivity contribution in [2.45, 2.75) is 39.2 Å². The molecule has 0 amide bonds. The third-order valence-electron chi connectivity index (χ3n) is 4.21. The van der Waals surface area contributed by atoms with Crippen molar-refractivity contribution in [2.75, 3.05) is 7.05 Å². The summed E-state index contributed by atoms with van der Waals surface area (Å²) in [6, 6.07) is 9.32. The van der Waals surface area contributed by atoms with Crippen LogP contribution in [0.5, 0.6) is 0 Å². The molecule has 0 aliphatic carbocycles. The second kappa shape index (κ2) is 7.40. The van der Waals surface area contributed by atoms with E-state index in [1.807, 2.05) is 11.7 Å². The number of nitrogens with one attached hydrogen (secondary N) is 1. The topological polar surface area (TPSA) is 29.9 Å². The Balaban J connectivity index is 1.98. The van der Waals surface area contributed by atoms with Crippen molar-refractivity contribution in [3.05, 3.63) is 50.4 Å². The molecule has 0 radical (unpaired) electrons. The van der Waals surface area contributed by atoms with Gasteiger partial charge in [0.1, 0.15) is 0 Å². The lowest BCUT2D eigenvalue weighted by Gasteiger charge is -2.16. The van der Waals surface area contributed by atoms with Gasteiger partial charge in [0.25, 0.3) is 0 Å². The SMILES string of the molecule is CNC(CCc1c(C)nn(C)c1C)Cc1ccc(I)cc1. The summed E-state index contributed by atoms with van der Waals surface area (Å²) in [5, 5.41) is 7.96. The molecule has 1 heterocycles. The van der Waals surface area contributed by atoms with Gasteiger partial charge in [-0.2, -0.15) is 5.10 Å². The highest BCUT2D eigenvalue weighted by Crippen LogP contribution is 2.17. The third kappa shape index (κ3) is 4.30. The van der Waals surface area contributed by atoms with Crippen LogP contribution in [0.25, 0.3) is 0 Å². The van der Waals surface area contributed by atoms with Crippen molar-refractivity contribution in [2.24, 2.45) is 7.05 Å². The molecular formula is C17H24IN3. The van der Waals surface area contributed by atoms with Gasteiger partial charge in [0, 0.05) is 22.4 Å². The minimum atomic E-state index is 0.504. The highest BCUT2D eigenvalue weighted by Gasteiger charge is 2.13. The second-order valence-corrected chi connectivity index (χ2v) is 6.87. The van der Waals surface area contributed by atoms with E-state index in [2.05, 4.69) is 78.2 Å². The first-order valence-corrected chi connectivity index (χ1v) is 8.50. The molecule has 3 nitrogen and oxygen atoms in total. The first-order valence-electron chi connectivity index (χ1n) is 7.42. The van der Waals surface area contributed by atoms with Gasteiger partial charge >= 0.3 is 0 Å². The van der Waals surface area contributed by atoms with E-state index in [9.17, 15) is 0 Å². The summed E-state index contributed by atoms with van der Waals surface area (Å²) in [6.07, 6.45) is 3.29. The third-order valence-corrected chi connectivity index (χ3v) is 4.92. The van der Waals surface area contributed by atoms with Crippen molar-refractivity contribution >= 4 is 22.6 Å². The number of nitrogens with zero attached hydrogens (tertiary/aromatic N) is 2. The molecule has 0 saturated carbocycles. The van der Waals surface area contributed by atoms with Crippen LogP contribution in [0.1, 0.15) is 28.9 Å². The van der Waals surface area contributed by atoms with Crippen LogP contribution < -0.4 is 5.32 Å². The summed E-state index contributed by atoms with van der Waals surface area (Å²) in [5.41, 5.74) is 5.26. The Morgan fingerprint density at radius 3 is 2.43 bits per heavy atom. The molecule has 1 aromatic heterocycles. The molecule has 1 aromatic carbocycles. The van der Waals surface area contributed by atoms with Gasteiger partial charge in [-0.05, 0) is 86.0 Å². The van der Waals surface area contributed by atoms with Crippen LogP contribution >= 0.6 is 22.6 Å². The maximum atomic E-state index is 4.50. The van der Waals surface area contributed by atoms with Gasteiger partial charge in [0.15, 0.2) is 0 Å². The average Bonchev–Trinajstić information content (AvgIpc) is 2.71. The number of aryl methyl sites for hydroxylation is 2. The standard InChI is InChI=1S/C17H24IN3/c1-12-17(13(2)21(4)20-12)10-9-16(19-3)11-14-5-7-15(18)8-6-14/h5-8,16,19H,9-11H2,1-4H3. The Kier molecular flexibility index (Phi) is 5.81. The molecule has 0 saturated heterocycles. The minimum absolute atomic E-state index is 0.504. The predicted octanol–water partition coefficient (Wildman–Crippen LogP) is 3.40. The second-order valence-electron chi connectivity index (χ2n) is 5.63. The molecule has 0 aliphatic heterocycles. The number of rotatable bonds is 6. The fraction of sp³-hybridized carbons (Fsp3) is 0.471. The number of hydrogen-bond donors (Lipinski definition) is 1. The smallest absolute Gasteiger partial charge is 0.0628 e. The van der Waals surface area contributed by atoms with E-state index in [-0.39, 0.29) is 0 Å². The van der Waals surface area contributed by atoms with Crippen LogP contribution in [0.15, 0.2) is 24.3 Å². The van der Waals surface area contributed by atoms with E-state index in [0.29, 0.717) is 6.04 Å². The van der Waals surface area contributed by atoms with E-state index in [4.69, 9.17) is 0 Å². The van der Waals surface area contributed by atoms with E-state index >= 15 is 0 Å². The first kappa shape index (κ1) is 16.5. The van der Waals surface area contributed by atoms with Crippen molar-refractivity contribution in [1.82, 2.24) is 15.1 Å². The summed E-state index contributed by atoms with van der Waals surface area (Å²) in [6.45, 7) is 4.26. The Morgan fingerprint density at radius 2 is 1.90 bits per heavy atom. The Labute approximate surface area is 141 Å². The lowest BCUT2D eigenvalue weighted by molar-refractivity contribution is 0.519. The summed E-state index contributed by atoms with van der Waals surface area (Å²) in [5.74, 6) is 0. The van der Waals surface area contributed by atoms with Gasteiger partial charge in [-0.3, -0.25) is 4.68 Å². The van der Waals surface area contributed by atoms with Crippen LogP contribution in [0, 0.1) is 17.4 Å². The monoisotopic (exact) mass is 397 g/mol. The molecule has 0 aliphatic rings. The van der Waals surface area contributed by atoms with Crippen molar-refractivity contribution in [1.29, 1.82) is 0 Å². The van der Waals surface area contributed by atoms with E-state index < -0.39 is 0 Å². The van der Waals surface area contributed by atoms with Crippen LogP contribution in [0.3, 0.4) is 0 Å². The number of hydrogen-bond acceptors (Lipinski definition) is 2. The summed E-state index contributed by atoms with van der Waals surface area (Å²) in [7, 11) is 4.08. The molecule has 0 spiro atoms. The van der Waals surface area contributed by atoms with Gasteiger partial charge in [-0.25, -0.2) is 0 Å². The van der Waals surface area contributed by atoms with Crippen molar-refractivity contribution in [3.63, 3.8) is 0 Å². The number of aromatic nitrogens is 2. The predicted molar refractivity (Wildman–Crippen MR) is 96.7 cm³/mol. The average molecular weight is 397 g/mol. The number of halogens is 1. The van der Waals surface area contributed by atoms with Gasteiger partial charge in [0.05, 0.1) is 5.69 Å². The zero-order valence-electron chi connectivity index (χ0n) is 13.3. The van der Waals surface area contributed by atoms with Gasteiger partial charge in [-0.1, -0.05) is 12.1 Å². The maximum Gasteiger partial charge on any atom is 0.0628 e. The molecule has 114 valence electrons. The normalized spacial score (nSPS) is 12.6. The van der Waals surface area contributed by atoms with E-state index in [1.165, 1.54) is 26.1 Å². The molecule has 0 fully saturated rings. The molecule has 1 unspecified atom stereocenters. The summed E-state index contributed by atoms with van der Waals surface area (Å²) in [4.78, 5) is 0. The quantitative estimate of drug-likeness (QED) is 0.758. The molecule has 4 heteroatoms. The van der Waals surface area contributed by atoms with Crippen molar-refractivity contribution in [3.8, 4) is 0 Å². The molecule has 21 heavy (non-hydrogen) atoms. The van der Waals surface area contributed by atoms with Crippen LogP contribution in [0.4, 0.5) is 0 Å². The number of benzene rings is 1. The zero-order valence-corrected chi connectivity index (χ0v) is 15.4. The minimum Gasteiger partial charge on any atom is -0.317 e. The van der Waals surface area contributed by atoms with E-state index in [0.717, 1.165) is 19.3 Å². The Bertz CT molecular complexity index is 587. The molecular weight excluding hydrogens is 373 g/mol. The highest BCUT2D eigenvalue weighted by molar-refractivity contribution is 14.1. The summed E-state index contributed by atoms with van der Waals surface area (Å²) < 4.78 is 3.28. The Hall–Kier alpha value is -0.880. The zero-order chi connectivity index (χ0) is 15.4. The molecule has 1 N–H and O–H groups in total. The van der Waals surface area contributed by atoms with Crippen LogP contribution in [-0.2, 0) is 19.9 Å². The summed E-state index contributed by atoms with van der Waals surface area (Å²) >= 11 is 2.35.